The molecule has 3 nitrogen and oxygen atoms in total. The van der Waals surface area contributed by atoms with Crippen LogP contribution in [0.5, 0.6) is 0 Å². The Balaban J connectivity index is 2.33. The molecule has 3 heteroatoms. The first-order valence-electron chi connectivity index (χ1n) is 7.29. The number of nitrogens with two attached hydrogens (primary N) is 1. The zero-order valence-electron chi connectivity index (χ0n) is 12.5. The lowest BCUT2D eigenvalue weighted by Gasteiger charge is -2.24. The molecular formula is C15H30N2O. The second kappa shape index (κ2) is 6.55. The summed E-state index contributed by atoms with van der Waals surface area (Å²) in [5.41, 5.74) is 5.88. The number of hydrogen-bond donors (Lipinski definition) is 2. The van der Waals surface area contributed by atoms with Crippen molar-refractivity contribution in [2.45, 2.75) is 53.4 Å². The molecule has 18 heavy (non-hydrogen) atoms. The Kier molecular flexibility index (Phi) is 5.64. The van der Waals surface area contributed by atoms with E-state index < -0.39 is 0 Å². The maximum atomic E-state index is 12.1. The fourth-order valence-electron chi connectivity index (χ4n) is 2.92. The molecular weight excluding hydrogens is 224 g/mol. The minimum absolute atomic E-state index is 0.0381. The Bertz CT molecular complexity index is 270. The molecule has 0 bridgehead atoms. The number of rotatable bonds is 5. The second-order valence-corrected chi connectivity index (χ2v) is 7.23. The van der Waals surface area contributed by atoms with Gasteiger partial charge in [0.1, 0.15) is 0 Å². The Labute approximate surface area is 112 Å². The summed E-state index contributed by atoms with van der Waals surface area (Å²) in [6.07, 6.45) is 4.68. The predicted molar refractivity (Wildman–Crippen MR) is 76.1 cm³/mol. The van der Waals surface area contributed by atoms with Gasteiger partial charge in [-0.05, 0) is 36.5 Å². The van der Waals surface area contributed by atoms with Gasteiger partial charge >= 0.3 is 0 Å². The van der Waals surface area contributed by atoms with Crippen molar-refractivity contribution in [1.29, 1.82) is 0 Å². The van der Waals surface area contributed by atoms with E-state index >= 15 is 0 Å². The molecule has 106 valence electrons. The highest BCUT2D eigenvalue weighted by Crippen LogP contribution is 2.30. The van der Waals surface area contributed by atoms with Gasteiger partial charge in [0.25, 0.3) is 0 Å². The normalized spacial score (nSPS) is 26.1. The summed E-state index contributed by atoms with van der Waals surface area (Å²) in [4.78, 5) is 12.1. The number of nitrogens with one attached hydrogen (secondary N) is 1. The minimum Gasteiger partial charge on any atom is -0.356 e. The molecule has 0 saturated heterocycles. The molecule has 1 aliphatic rings. The highest BCUT2D eigenvalue weighted by molar-refractivity contribution is 5.78. The zero-order chi connectivity index (χ0) is 13.8. The van der Waals surface area contributed by atoms with Gasteiger partial charge in [-0.25, -0.2) is 0 Å². The minimum atomic E-state index is -0.0381. The molecule has 3 atom stereocenters. The van der Waals surface area contributed by atoms with E-state index in [0.717, 1.165) is 18.9 Å². The van der Waals surface area contributed by atoms with E-state index in [1.165, 1.54) is 19.3 Å². The van der Waals surface area contributed by atoms with Gasteiger partial charge in [-0.15, -0.1) is 0 Å². The Morgan fingerprint density at radius 3 is 2.50 bits per heavy atom. The van der Waals surface area contributed by atoms with Gasteiger partial charge in [-0.1, -0.05) is 34.1 Å². The van der Waals surface area contributed by atoms with Gasteiger partial charge in [0, 0.05) is 13.1 Å². The van der Waals surface area contributed by atoms with Gasteiger partial charge in [-0.3, -0.25) is 4.79 Å². The zero-order valence-corrected chi connectivity index (χ0v) is 12.5. The fourth-order valence-corrected chi connectivity index (χ4v) is 2.92. The van der Waals surface area contributed by atoms with Crippen molar-refractivity contribution in [3.05, 3.63) is 0 Å². The van der Waals surface area contributed by atoms with Gasteiger partial charge in [0.05, 0.1) is 5.92 Å². The van der Waals surface area contributed by atoms with Crippen molar-refractivity contribution in [3.8, 4) is 0 Å². The van der Waals surface area contributed by atoms with Gasteiger partial charge in [-0.2, -0.15) is 0 Å². The van der Waals surface area contributed by atoms with Crippen LogP contribution in [0.3, 0.4) is 0 Å². The summed E-state index contributed by atoms with van der Waals surface area (Å²) in [6.45, 7) is 10.0. The first kappa shape index (κ1) is 15.5. The van der Waals surface area contributed by atoms with E-state index in [9.17, 15) is 4.79 Å². The molecule has 0 aromatic carbocycles. The lowest BCUT2D eigenvalue weighted by Crippen LogP contribution is -2.39. The van der Waals surface area contributed by atoms with Crippen LogP contribution in [0, 0.1) is 23.2 Å². The monoisotopic (exact) mass is 254 g/mol. The van der Waals surface area contributed by atoms with Crippen LogP contribution in [0.2, 0.25) is 0 Å². The summed E-state index contributed by atoms with van der Waals surface area (Å²) < 4.78 is 0. The van der Waals surface area contributed by atoms with Gasteiger partial charge < -0.3 is 11.1 Å². The highest BCUT2D eigenvalue weighted by Gasteiger charge is 2.26. The molecule has 0 aromatic rings. The van der Waals surface area contributed by atoms with Crippen LogP contribution in [-0.2, 0) is 4.79 Å². The molecule has 1 aliphatic carbocycles. The van der Waals surface area contributed by atoms with E-state index in [-0.39, 0.29) is 17.2 Å². The predicted octanol–water partition coefficient (Wildman–Crippen LogP) is 2.55. The number of carbonyl (C=O) groups excluding carboxylic acids is 1. The van der Waals surface area contributed by atoms with E-state index in [1.54, 1.807) is 0 Å². The average molecular weight is 254 g/mol. The Hall–Kier alpha value is -0.570. The van der Waals surface area contributed by atoms with Gasteiger partial charge in [0.2, 0.25) is 5.91 Å². The average Bonchev–Trinajstić information content (AvgIpc) is 2.67. The van der Waals surface area contributed by atoms with Crippen LogP contribution in [-0.4, -0.2) is 19.0 Å². The maximum absolute atomic E-state index is 12.1. The van der Waals surface area contributed by atoms with Crippen LogP contribution in [0.1, 0.15) is 53.4 Å². The summed E-state index contributed by atoms with van der Waals surface area (Å²) in [5, 5.41) is 3.10. The van der Waals surface area contributed by atoms with Crippen molar-refractivity contribution in [1.82, 2.24) is 5.32 Å². The molecule has 1 fully saturated rings. The SMILES string of the molecule is CC1CCC(CNC(=O)C(CN)CC(C)(C)C)C1. The van der Waals surface area contributed by atoms with E-state index in [2.05, 4.69) is 33.0 Å². The molecule has 1 rings (SSSR count). The molecule has 0 spiro atoms. The van der Waals surface area contributed by atoms with Crippen molar-refractivity contribution >= 4 is 5.91 Å². The molecule has 1 amide bonds. The van der Waals surface area contributed by atoms with Crippen LogP contribution < -0.4 is 11.1 Å². The first-order valence-corrected chi connectivity index (χ1v) is 7.29. The third kappa shape index (κ3) is 5.38. The maximum Gasteiger partial charge on any atom is 0.224 e. The van der Waals surface area contributed by atoms with Crippen LogP contribution >= 0.6 is 0 Å². The summed E-state index contributed by atoms with van der Waals surface area (Å²) in [5.74, 6) is 1.61. The Morgan fingerprint density at radius 1 is 1.39 bits per heavy atom. The van der Waals surface area contributed by atoms with Crippen molar-refractivity contribution < 1.29 is 4.79 Å². The highest BCUT2D eigenvalue weighted by atomic mass is 16.1. The number of hydrogen-bond acceptors (Lipinski definition) is 2. The van der Waals surface area contributed by atoms with Crippen molar-refractivity contribution in [2.75, 3.05) is 13.1 Å². The van der Waals surface area contributed by atoms with Gasteiger partial charge in [0.15, 0.2) is 0 Å². The third-order valence-corrected chi connectivity index (χ3v) is 3.88. The summed E-state index contributed by atoms with van der Waals surface area (Å²) in [7, 11) is 0. The smallest absolute Gasteiger partial charge is 0.224 e. The van der Waals surface area contributed by atoms with Crippen LogP contribution in [0.15, 0.2) is 0 Å². The molecule has 0 radical (unpaired) electrons. The summed E-state index contributed by atoms with van der Waals surface area (Å²) >= 11 is 0. The lowest BCUT2D eigenvalue weighted by molar-refractivity contribution is -0.125. The van der Waals surface area contributed by atoms with Crippen LogP contribution in [0.4, 0.5) is 0 Å². The quantitative estimate of drug-likeness (QED) is 0.792. The second-order valence-electron chi connectivity index (χ2n) is 7.23. The van der Waals surface area contributed by atoms with E-state index in [1.807, 2.05) is 0 Å². The fraction of sp³-hybridized carbons (Fsp3) is 0.933. The lowest BCUT2D eigenvalue weighted by atomic mass is 9.84. The van der Waals surface area contributed by atoms with E-state index in [4.69, 9.17) is 5.73 Å². The molecule has 0 aromatic heterocycles. The number of amides is 1. The molecule has 3 N–H and O–H groups in total. The van der Waals surface area contributed by atoms with E-state index in [0.29, 0.717) is 12.5 Å². The molecule has 0 heterocycles. The number of carbonyl (C=O) groups is 1. The van der Waals surface area contributed by atoms with Crippen molar-refractivity contribution in [2.24, 2.45) is 28.9 Å². The largest absolute Gasteiger partial charge is 0.356 e. The van der Waals surface area contributed by atoms with Crippen molar-refractivity contribution in [3.63, 3.8) is 0 Å². The molecule has 1 saturated carbocycles. The van der Waals surface area contributed by atoms with Crippen LogP contribution in [0.25, 0.3) is 0 Å². The Morgan fingerprint density at radius 2 is 2.06 bits per heavy atom. The molecule has 0 aliphatic heterocycles. The summed E-state index contributed by atoms with van der Waals surface area (Å²) in [6, 6.07) is 0. The third-order valence-electron chi connectivity index (χ3n) is 3.88. The molecule has 3 unspecified atom stereocenters. The first-order chi connectivity index (χ1) is 8.31. The standard InChI is InChI=1S/C15H30N2O/c1-11-5-6-12(7-11)10-17-14(18)13(9-16)8-15(2,3)4/h11-13H,5-10,16H2,1-4H3,(H,17,18). The topological polar surface area (TPSA) is 55.1 Å².